The summed E-state index contributed by atoms with van der Waals surface area (Å²) in [5.41, 5.74) is 0. The van der Waals surface area contributed by atoms with Crippen LogP contribution in [0.4, 0.5) is 0 Å². The second-order valence-electron chi connectivity index (χ2n) is 8.23. The molecule has 2 aromatic carbocycles. The molecule has 162 valence electrons. The Kier molecular flexibility index (Phi) is 11.4. The molecule has 0 aliphatic heterocycles. The molecule has 0 amide bonds. The van der Waals surface area contributed by atoms with Gasteiger partial charge in [0.05, 0.1) is 0 Å². The molecule has 0 atom stereocenters. The maximum absolute atomic E-state index is 6.62. The first-order valence-corrected chi connectivity index (χ1v) is 14.3. The van der Waals surface area contributed by atoms with Crippen molar-refractivity contribution in [1.29, 1.82) is 0 Å². The average Bonchev–Trinajstić information content (AvgIpc) is 2.77. The van der Waals surface area contributed by atoms with Gasteiger partial charge in [-0.1, -0.05) is 115 Å². The van der Waals surface area contributed by atoms with Gasteiger partial charge in [0.25, 0.3) is 0 Å². The quantitative estimate of drug-likeness (QED) is 0.202. The Labute approximate surface area is 180 Å². The van der Waals surface area contributed by atoms with Crippen LogP contribution in [0.5, 0.6) is 5.75 Å². The van der Waals surface area contributed by atoms with Crippen LogP contribution in [0.2, 0.25) is 12.1 Å². The minimum Gasteiger partial charge on any atom is -0.520 e. The topological polar surface area (TPSA) is 18.5 Å². The summed E-state index contributed by atoms with van der Waals surface area (Å²) in [5, 5.41) is 2.42. The molecule has 0 fully saturated rings. The zero-order valence-electron chi connectivity index (χ0n) is 19.1. The van der Waals surface area contributed by atoms with Crippen molar-refractivity contribution in [1.82, 2.24) is 0 Å². The second-order valence-corrected chi connectivity index (χ2v) is 12.0. The van der Waals surface area contributed by atoms with Gasteiger partial charge in [0.2, 0.25) is 0 Å². The Balaban J connectivity index is 1.73. The van der Waals surface area contributed by atoms with Crippen LogP contribution >= 0.6 is 0 Å². The molecule has 3 heteroatoms. The van der Waals surface area contributed by atoms with Crippen LogP contribution < -0.4 is 4.43 Å². The van der Waals surface area contributed by atoms with Crippen molar-refractivity contribution in [3.8, 4) is 5.75 Å². The van der Waals surface area contributed by atoms with E-state index in [-0.39, 0.29) is 0 Å². The van der Waals surface area contributed by atoms with E-state index >= 15 is 0 Å². The molecule has 0 aliphatic rings. The van der Waals surface area contributed by atoms with Gasteiger partial charge in [-0.3, -0.25) is 0 Å². The third-order valence-corrected chi connectivity index (χ3v) is 9.46. The van der Waals surface area contributed by atoms with E-state index in [2.05, 4.69) is 63.2 Å². The normalized spacial score (nSPS) is 11.8. The highest BCUT2D eigenvalue weighted by Crippen LogP contribution is 2.30. The van der Waals surface area contributed by atoms with Gasteiger partial charge < -0.3 is 8.85 Å². The molecule has 2 nitrogen and oxygen atoms in total. The molecule has 0 saturated heterocycles. The van der Waals surface area contributed by atoms with E-state index in [9.17, 15) is 0 Å². The predicted octanol–water partition coefficient (Wildman–Crippen LogP) is 8.64. The van der Waals surface area contributed by atoms with E-state index in [0.717, 1.165) is 30.9 Å². The average molecular weight is 415 g/mol. The molecule has 0 bridgehead atoms. The molecule has 0 saturated carbocycles. The lowest BCUT2D eigenvalue weighted by atomic mass is 10.1. The first kappa shape index (κ1) is 24.0. The first-order chi connectivity index (χ1) is 14.2. The minimum atomic E-state index is -2.20. The number of hydrogen-bond donors (Lipinski definition) is 0. The van der Waals surface area contributed by atoms with Gasteiger partial charge in [-0.25, -0.2) is 0 Å². The molecule has 0 heterocycles. The first-order valence-electron chi connectivity index (χ1n) is 12.1. The summed E-state index contributed by atoms with van der Waals surface area (Å²) in [5.74, 6) is 0.988. The van der Waals surface area contributed by atoms with Gasteiger partial charge in [-0.2, -0.15) is 0 Å². The number of unbranched alkanes of at least 4 members (excludes halogenated alkanes) is 9. The Bertz CT molecular complexity index is 676. The third-order valence-electron chi connectivity index (χ3n) is 5.99. The van der Waals surface area contributed by atoms with Crippen molar-refractivity contribution in [3.05, 3.63) is 42.5 Å². The second kappa shape index (κ2) is 13.8. The maximum Gasteiger partial charge on any atom is 0.398 e. The van der Waals surface area contributed by atoms with Crippen molar-refractivity contribution in [3.63, 3.8) is 0 Å². The van der Waals surface area contributed by atoms with Crippen molar-refractivity contribution in [2.75, 3.05) is 6.61 Å². The summed E-state index contributed by atoms with van der Waals surface area (Å²) in [6.07, 6.45) is 13.5. The zero-order valence-corrected chi connectivity index (χ0v) is 20.1. The van der Waals surface area contributed by atoms with Crippen molar-refractivity contribution in [2.24, 2.45) is 0 Å². The van der Waals surface area contributed by atoms with Crippen LogP contribution in [-0.4, -0.2) is 15.2 Å². The van der Waals surface area contributed by atoms with Crippen molar-refractivity contribution in [2.45, 2.75) is 97.1 Å². The molecule has 29 heavy (non-hydrogen) atoms. The minimum absolute atomic E-state index is 0.842. The summed E-state index contributed by atoms with van der Waals surface area (Å²) in [6, 6.07) is 16.8. The molecular weight excluding hydrogens is 372 g/mol. The SMILES string of the molecule is CCCCCCCCCCCCO[Si](CC)(CC)Oc1cccc2ccccc12. The van der Waals surface area contributed by atoms with E-state index in [1.807, 2.05) is 0 Å². The highest BCUT2D eigenvalue weighted by molar-refractivity contribution is 6.68. The highest BCUT2D eigenvalue weighted by Gasteiger charge is 2.36. The Hall–Kier alpha value is -1.32. The van der Waals surface area contributed by atoms with Gasteiger partial charge in [-0.05, 0) is 30.0 Å². The van der Waals surface area contributed by atoms with E-state index in [1.165, 1.54) is 68.6 Å². The number of rotatable bonds is 16. The largest absolute Gasteiger partial charge is 0.520 e. The number of hydrogen-bond acceptors (Lipinski definition) is 2. The van der Waals surface area contributed by atoms with Crippen LogP contribution in [0.25, 0.3) is 10.8 Å². The molecule has 0 unspecified atom stereocenters. The lowest BCUT2D eigenvalue weighted by Crippen LogP contribution is -2.44. The number of fused-ring (bicyclic) bond motifs is 1. The molecule has 0 spiro atoms. The highest BCUT2D eigenvalue weighted by atomic mass is 28.4. The fourth-order valence-corrected chi connectivity index (χ4v) is 6.31. The third kappa shape index (κ3) is 8.14. The van der Waals surface area contributed by atoms with E-state index < -0.39 is 8.56 Å². The monoisotopic (exact) mass is 414 g/mol. The van der Waals surface area contributed by atoms with Crippen LogP contribution in [0.1, 0.15) is 85.0 Å². The summed E-state index contributed by atoms with van der Waals surface area (Å²) in [4.78, 5) is 0. The Morgan fingerprint density at radius 3 is 1.90 bits per heavy atom. The van der Waals surface area contributed by atoms with E-state index in [4.69, 9.17) is 8.85 Å². The molecule has 0 radical (unpaired) electrons. The number of benzene rings is 2. The summed E-state index contributed by atoms with van der Waals surface area (Å²) >= 11 is 0. The smallest absolute Gasteiger partial charge is 0.398 e. The summed E-state index contributed by atoms with van der Waals surface area (Å²) in [7, 11) is -2.20. The fraction of sp³-hybridized carbons (Fsp3) is 0.615. The summed E-state index contributed by atoms with van der Waals surface area (Å²) < 4.78 is 13.1. The van der Waals surface area contributed by atoms with Crippen LogP contribution in [-0.2, 0) is 4.43 Å². The predicted molar refractivity (Wildman–Crippen MR) is 129 cm³/mol. The van der Waals surface area contributed by atoms with Crippen LogP contribution in [0, 0.1) is 0 Å². The van der Waals surface area contributed by atoms with Crippen molar-refractivity contribution < 1.29 is 8.85 Å². The van der Waals surface area contributed by atoms with Gasteiger partial charge in [-0.15, -0.1) is 0 Å². The standard InChI is InChI=1S/C26H42O2Si/c1-4-7-8-9-10-11-12-13-14-17-23-27-29(5-2,6-3)28-26-22-18-20-24-19-15-16-21-25(24)26/h15-16,18-22H,4-14,17,23H2,1-3H3. The molecule has 2 rings (SSSR count). The van der Waals surface area contributed by atoms with Crippen molar-refractivity contribution >= 4 is 19.3 Å². The molecule has 0 aliphatic carbocycles. The van der Waals surface area contributed by atoms with Crippen LogP contribution in [0.15, 0.2) is 42.5 Å². The molecule has 0 aromatic heterocycles. The summed E-state index contributed by atoms with van der Waals surface area (Å²) in [6.45, 7) is 7.57. The molecule has 2 aromatic rings. The van der Waals surface area contributed by atoms with E-state index in [0.29, 0.717) is 0 Å². The zero-order chi connectivity index (χ0) is 20.8. The molecule has 0 N–H and O–H groups in total. The van der Waals surface area contributed by atoms with Gasteiger partial charge in [0, 0.05) is 12.0 Å². The van der Waals surface area contributed by atoms with Gasteiger partial charge >= 0.3 is 8.56 Å². The van der Waals surface area contributed by atoms with Gasteiger partial charge in [0.15, 0.2) is 0 Å². The lowest BCUT2D eigenvalue weighted by molar-refractivity contribution is 0.231. The molecular formula is C26H42O2Si. The fourth-order valence-electron chi connectivity index (χ4n) is 3.96. The lowest BCUT2D eigenvalue weighted by Gasteiger charge is -2.30. The Morgan fingerprint density at radius 1 is 0.655 bits per heavy atom. The van der Waals surface area contributed by atoms with E-state index in [1.54, 1.807) is 0 Å². The van der Waals surface area contributed by atoms with Crippen LogP contribution in [0.3, 0.4) is 0 Å². The maximum atomic E-state index is 6.62. The van der Waals surface area contributed by atoms with Gasteiger partial charge in [0.1, 0.15) is 5.75 Å². The Morgan fingerprint density at radius 2 is 1.24 bits per heavy atom.